The molecule has 0 saturated carbocycles. The van der Waals surface area contributed by atoms with E-state index in [4.69, 9.17) is 4.42 Å². The molecular weight excluding hydrogens is 138 g/mol. The van der Waals surface area contributed by atoms with Gasteiger partial charge in [0.25, 0.3) is 0 Å². The van der Waals surface area contributed by atoms with E-state index in [0.29, 0.717) is 0 Å². The molecule has 0 bridgehead atoms. The quantitative estimate of drug-likeness (QED) is 0.673. The third kappa shape index (κ3) is 2.30. The van der Waals surface area contributed by atoms with E-state index in [1.165, 1.54) is 18.4 Å². The minimum absolute atomic E-state index is 0.915. The number of unbranched alkanes of at least 4 members (excludes halogenated alkanes) is 1. The molecule has 1 aromatic heterocycles. The Morgan fingerprint density at radius 2 is 2.36 bits per heavy atom. The van der Waals surface area contributed by atoms with Crippen LogP contribution in [-0.2, 0) is 0 Å². The minimum atomic E-state index is 0.915. The molecule has 0 spiro atoms. The fraction of sp³-hybridized carbons (Fsp3) is 0.556. The third-order valence-electron chi connectivity index (χ3n) is 1.68. The normalized spacial score (nSPS) is 10.0. The molecular formula is C9H15NO. The zero-order valence-electron chi connectivity index (χ0n) is 7.18. The van der Waals surface area contributed by atoms with E-state index in [-0.39, 0.29) is 0 Å². The van der Waals surface area contributed by atoms with Crippen LogP contribution in [0.3, 0.4) is 0 Å². The molecule has 1 heterocycles. The van der Waals surface area contributed by atoms with Crippen LogP contribution in [-0.4, -0.2) is 6.54 Å². The molecule has 0 radical (unpaired) electrons. The Morgan fingerprint density at radius 1 is 1.55 bits per heavy atom. The van der Waals surface area contributed by atoms with Crippen molar-refractivity contribution in [2.45, 2.75) is 26.7 Å². The van der Waals surface area contributed by atoms with Crippen LogP contribution in [0.4, 0.5) is 5.88 Å². The summed E-state index contributed by atoms with van der Waals surface area (Å²) in [5.74, 6) is 0.915. The predicted molar refractivity (Wildman–Crippen MR) is 46.8 cm³/mol. The van der Waals surface area contributed by atoms with E-state index in [1.54, 1.807) is 6.26 Å². The maximum atomic E-state index is 5.20. The Bertz CT molecular complexity index is 205. The highest BCUT2D eigenvalue weighted by Gasteiger charge is 1.97. The smallest absolute Gasteiger partial charge is 0.195 e. The third-order valence-corrected chi connectivity index (χ3v) is 1.68. The summed E-state index contributed by atoms with van der Waals surface area (Å²) in [5, 5.41) is 3.23. The number of hydrogen-bond acceptors (Lipinski definition) is 2. The van der Waals surface area contributed by atoms with Crippen molar-refractivity contribution < 1.29 is 4.42 Å². The molecule has 1 aromatic rings. The van der Waals surface area contributed by atoms with Gasteiger partial charge in [-0.05, 0) is 19.4 Å². The van der Waals surface area contributed by atoms with Crippen molar-refractivity contribution in [1.29, 1.82) is 0 Å². The average Bonchev–Trinajstić information content (AvgIpc) is 2.37. The molecule has 0 atom stereocenters. The molecule has 62 valence electrons. The number of aryl methyl sites for hydroxylation is 1. The average molecular weight is 153 g/mol. The molecule has 0 aliphatic heterocycles. The Morgan fingerprint density at radius 3 is 2.91 bits per heavy atom. The van der Waals surface area contributed by atoms with Crippen molar-refractivity contribution >= 4 is 5.88 Å². The zero-order valence-corrected chi connectivity index (χ0v) is 7.18. The standard InChI is InChI=1S/C9H15NO/c1-3-4-6-10-9-8(2)5-7-11-9/h5,7,10H,3-4,6H2,1-2H3. The van der Waals surface area contributed by atoms with Crippen molar-refractivity contribution in [3.05, 3.63) is 17.9 Å². The van der Waals surface area contributed by atoms with E-state index in [0.717, 1.165) is 12.4 Å². The second-order valence-electron chi connectivity index (χ2n) is 2.71. The van der Waals surface area contributed by atoms with Gasteiger partial charge in [0, 0.05) is 12.1 Å². The first-order valence-corrected chi connectivity index (χ1v) is 4.12. The number of rotatable bonds is 4. The Kier molecular flexibility index (Phi) is 3.02. The highest BCUT2D eigenvalue weighted by atomic mass is 16.3. The molecule has 1 rings (SSSR count). The Hall–Kier alpha value is -0.920. The van der Waals surface area contributed by atoms with Crippen LogP contribution in [0.15, 0.2) is 16.7 Å². The van der Waals surface area contributed by atoms with Gasteiger partial charge in [-0.15, -0.1) is 0 Å². The molecule has 0 aliphatic rings. The minimum Gasteiger partial charge on any atom is -0.449 e. The number of nitrogens with one attached hydrogen (secondary N) is 1. The van der Waals surface area contributed by atoms with E-state index in [1.807, 2.05) is 13.0 Å². The summed E-state index contributed by atoms with van der Waals surface area (Å²) in [5.41, 5.74) is 1.18. The van der Waals surface area contributed by atoms with Gasteiger partial charge in [-0.3, -0.25) is 0 Å². The molecule has 0 amide bonds. The van der Waals surface area contributed by atoms with Crippen LogP contribution < -0.4 is 5.32 Å². The summed E-state index contributed by atoms with van der Waals surface area (Å²) < 4.78 is 5.20. The number of furan rings is 1. The van der Waals surface area contributed by atoms with Crippen LogP contribution in [0.5, 0.6) is 0 Å². The maximum absolute atomic E-state index is 5.20. The number of hydrogen-bond donors (Lipinski definition) is 1. The van der Waals surface area contributed by atoms with Gasteiger partial charge < -0.3 is 9.73 Å². The topological polar surface area (TPSA) is 25.2 Å². The van der Waals surface area contributed by atoms with Crippen LogP contribution in [0.25, 0.3) is 0 Å². The molecule has 2 nitrogen and oxygen atoms in total. The van der Waals surface area contributed by atoms with E-state index in [2.05, 4.69) is 12.2 Å². The summed E-state index contributed by atoms with van der Waals surface area (Å²) in [4.78, 5) is 0. The van der Waals surface area contributed by atoms with Crippen molar-refractivity contribution in [3.63, 3.8) is 0 Å². The zero-order chi connectivity index (χ0) is 8.10. The van der Waals surface area contributed by atoms with Gasteiger partial charge in [0.05, 0.1) is 6.26 Å². The molecule has 0 aliphatic carbocycles. The molecule has 0 unspecified atom stereocenters. The largest absolute Gasteiger partial charge is 0.449 e. The van der Waals surface area contributed by atoms with Crippen LogP contribution in [0.1, 0.15) is 25.3 Å². The maximum Gasteiger partial charge on any atom is 0.195 e. The van der Waals surface area contributed by atoms with Gasteiger partial charge in [0.2, 0.25) is 0 Å². The first kappa shape index (κ1) is 8.18. The van der Waals surface area contributed by atoms with Crippen molar-refractivity contribution in [2.24, 2.45) is 0 Å². The first-order valence-electron chi connectivity index (χ1n) is 4.12. The van der Waals surface area contributed by atoms with Crippen molar-refractivity contribution in [1.82, 2.24) is 0 Å². The lowest BCUT2D eigenvalue weighted by molar-refractivity contribution is 0.575. The lowest BCUT2D eigenvalue weighted by Gasteiger charge is -2.01. The SMILES string of the molecule is CCCCNc1occc1C. The fourth-order valence-electron chi connectivity index (χ4n) is 0.933. The second kappa shape index (κ2) is 4.06. The Balaban J connectivity index is 2.32. The molecule has 2 heteroatoms. The van der Waals surface area contributed by atoms with E-state index in [9.17, 15) is 0 Å². The summed E-state index contributed by atoms with van der Waals surface area (Å²) >= 11 is 0. The van der Waals surface area contributed by atoms with E-state index >= 15 is 0 Å². The second-order valence-corrected chi connectivity index (χ2v) is 2.71. The van der Waals surface area contributed by atoms with Crippen LogP contribution in [0, 0.1) is 6.92 Å². The van der Waals surface area contributed by atoms with Gasteiger partial charge in [-0.25, -0.2) is 0 Å². The summed E-state index contributed by atoms with van der Waals surface area (Å²) in [6, 6.07) is 1.97. The lowest BCUT2D eigenvalue weighted by atomic mass is 10.3. The fourth-order valence-corrected chi connectivity index (χ4v) is 0.933. The van der Waals surface area contributed by atoms with Gasteiger partial charge in [0.1, 0.15) is 0 Å². The molecule has 0 fully saturated rings. The van der Waals surface area contributed by atoms with Gasteiger partial charge >= 0.3 is 0 Å². The highest BCUT2D eigenvalue weighted by Crippen LogP contribution is 2.14. The summed E-state index contributed by atoms with van der Waals surface area (Å²) in [7, 11) is 0. The van der Waals surface area contributed by atoms with E-state index < -0.39 is 0 Å². The molecule has 0 saturated heterocycles. The van der Waals surface area contributed by atoms with Crippen molar-refractivity contribution in [2.75, 3.05) is 11.9 Å². The van der Waals surface area contributed by atoms with Crippen LogP contribution in [0.2, 0.25) is 0 Å². The van der Waals surface area contributed by atoms with Crippen LogP contribution >= 0.6 is 0 Å². The molecule has 1 N–H and O–H groups in total. The number of anilines is 1. The Labute approximate surface area is 67.6 Å². The lowest BCUT2D eigenvalue weighted by Crippen LogP contribution is -2.00. The summed E-state index contributed by atoms with van der Waals surface area (Å²) in [6.07, 6.45) is 4.12. The monoisotopic (exact) mass is 153 g/mol. The molecule has 11 heavy (non-hydrogen) atoms. The highest BCUT2D eigenvalue weighted by molar-refractivity contribution is 5.39. The molecule has 0 aromatic carbocycles. The predicted octanol–water partition coefficient (Wildman–Crippen LogP) is 2.80. The van der Waals surface area contributed by atoms with Gasteiger partial charge in [-0.2, -0.15) is 0 Å². The van der Waals surface area contributed by atoms with Crippen molar-refractivity contribution in [3.8, 4) is 0 Å². The first-order chi connectivity index (χ1) is 5.34. The van der Waals surface area contributed by atoms with Gasteiger partial charge in [0.15, 0.2) is 5.88 Å². The summed E-state index contributed by atoms with van der Waals surface area (Å²) in [6.45, 7) is 5.22. The van der Waals surface area contributed by atoms with Gasteiger partial charge in [-0.1, -0.05) is 13.3 Å².